The summed E-state index contributed by atoms with van der Waals surface area (Å²) in [5.74, 6) is -0.411. The van der Waals surface area contributed by atoms with Gasteiger partial charge in [-0.05, 0) is 18.1 Å². The molecule has 2 aliphatic rings. The number of β-lactam (4-membered cyclic amide) rings is 1. The van der Waals surface area contributed by atoms with Gasteiger partial charge in [-0.3, -0.25) is 4.79 Å². The maximum absolute atomic E-state index is 13.6. The summed E-state index contributed by atoms with van der Waals surface area (Å²) in [6, 6.07) is 18.7. The van der Waals surface area contributed by atoms with Crippen LogP contribution in [-0.2, 0) is 20.7 Å². The molecule has 31 heavy (non-hydrogen) atoms. The number of H-pyrrole nitrogens is 1. The standard InChI is InChI=1S/C23H22N4O3S/c1-23(13-17-14-24-26-25-17)21(27-18(28)12-19(27)31-23)22(29)30-20(15-8-4-2-5-9-15)16-10-6-3-7-11-16/h2-11,14,19-21H,12-13H2,1H3,(H,24,25,26). The van der Waals surface area contributed by atoms with Gasteiger partial charge in [0.05, 0.1) is 28.4 Å². The Labute approximate surface area is 184 Å². The van der Waals surface area contributed by atoms with Gasteiger partial charge in [0.2, 0.25) is 5.91 Å². The van der Waals surface area contributed by atoms with Crippen molar-refractivity contribution >= 4 is 23.6 Å². The van der Waals surface area contributed by atoms with E-state index in [2.05, 4.69) is 15.4 Å². The fourth-order valence-electron chi connectivity index (χ4n) is 4.42. The topological polar surface area (TPSA) is 88.2 Å². The van der Waals surface area contributed by atoms with E-state index in [0.717, 1.165) is 16.8 Å². The van der Waals surface area contributed by atoms with Crippen molar-refractivity contribution in [3.63, 3.8) is 0 Å². The van der Waals surface area contributed by atoms with Crippen molar-refractivity contribution in [2.75, 3.05) is 0 Å². The lowest BCUT2D eigenvalue weighted by atomic mass is 9.92. The highest BCUT2D eigenvalue weighted by molar-refractivity contribution is 8.01. The number of benzene rings is 2. The number of aromatic amines is 1. The van der Waals surface area contributed by atoms with Gasteiger partial charge in [0.1, 0.15) is 6.04 Å². The van der Waals surface area contributed by atoms with Crippen LogP contribution in [0.5, 0.6) is 0 Å². The number of hydrogen-bond donors (Lipinski definition) is 1. The summed E-state index contributed by atoms with van der Waals surface area (Å²) in [5, 5.41) is 10.7. The number of nitrogens with zero attached hydrogens (tertiary/aromatic N) is 3. The number of carbonyl (C=O) groups is 2. The molecule has 3 atom stereocenters. The Bertz CT molecular complexity index is 1040. The smallest absolute Gasteiger partial charge is 0.331 e. The number of nitrogens with one attached hydrogen (secondary N) is 1. The molecule has 0 spiro atoms. The molecule has 2 saturated heterocycles. The van der Waals surface area contributed by atoms with Crippen LogP contribution < -0.4 is 0 Å². The summed E-state index contributed by atoms with van der Waals surface area (Å²) in [7, 11) is 0. The first-order valence-electron chi connectivity index (χ1n) is 10.2. The number of amides is 1. The second-order valence-corrected chi connectivity index (χ2v) is 9.78. The van der Waals surface area contributed by atoms with Crippen molar-refractivity contribution < 1.29 is 14.3 Å². The zero-order chi connectivity index (χ0) is 21.4. The number of hydrogen-bond acceptors (Lipinski definition) is 6. The zero-order valence-electron chi connectivity index (χ0n) is 17.0. The highest BCUT2D eigenvalue weighted by Gasteiger charge is 2.61. The minimum atomic E-state index is -0.685. The third-order valence-corrected chi connectivity index (χ3v) is 7.44. The summed E-state index contributed by atoms with van der Waals surface area (Å²) < 4.78 is 5.58. The predicted molar refractivity (Wildman–Crippen MR) is 116 cm³/mol. The van der Waals surface area contributed by atoms with Crippen molar-refractivity contribution in [2.24, 2.45) is 0 Å². The van der Waals surface area contributed by atoms with Gasteiger partial charge in [-0.15, -0.1) is 11.8 Å². The minimum absolute atomic E-state index is 0.00569. The molecule has 1 amide bonds. The van der Waals surface area contributed by atoms with Crippen molar-refractivity contribution in [1.29, 1.82) is 0 Å². The largest absolute Gasteiger partial charge is 0.451 e. The molecule has 2 fully saturated rings. The SMILES string of the molecule is CC1(Cc2cn[nH]n2)SC2CC(=O)N2C1C(=O)OC(c1ccccc1)c1ccccc1. The molecule has 158 valence electrons. The average Bonchev–Trinajstić information content (AvgIpc) is 3.36. The molecular formula is C23H22N4O3S. The lowest BCUT2D eigenvalue weighted by molar-refractivity contribution is -0.164. The lowest BCUT2D eigenvalue weighted by Gasteiger charge is -2.38. The van der Waals surface area contributed by atoms with E-state index in [1.54, 1.807) is 22.9 Å². The van der Waals surface area contributed by atoms with Crippen LogP contribution in [0.25, 0.3) is 0 Å². The fourth-order valence-corrected chi connectivity index (χ4v) is 6.19. The van der Waals surface area contributed by atoms with Gasteiger partial charge in [-0.25, -0.2) is 4.79 Å². The number of rotatable bonds is 6. The molecule has 2 aromatic carbocycles. The van der Waals surface area contributed by atoms with Gasteiger partial charge in [0, 0.05) is 6.42 Å². The van der Waals surface area contributed by atoms with E-state index in [-0.39, 0.29) is 11.3 Å². The number of carbonyl (C=O) groups excluding carboxylic acids is 2. The van der Waals surface area contributed by atoms with Crippen LogP contribution in [0.15, 0.2) is 66.9 Å². The van der Waals surface area contributed by atoms with Gasteiger partial charge in [0.25, 0.3) is 0 Å². The molecule has 3 heterocycles. The highest BCUT2D eigenvalue weighted by atomic mass is 32.2. The average molecular weight is 435 g/mol. The molecule has 1 N–H and O–H groups in total. The van der Waals surface area contributed by atoms with Crippen LogP contribution in [0.4, 0.5) is 0 Å². The van der Waals surface area contributed by atoms with E-state index >= 15 is 0 Å². The Morgan fingerprint density at radius 1 is 1.19 bits per heavy atom. The molecule has 2 aliphatic heterocycles. The second kappa shape index (κ2) is 7.85. The van der Waals surface area contributed by atoms with Crippen molar-refractivity contribution in [2.45, 2.75) is 42.0 Å². The van der Waals surface area contributed by atoms with Crippen molar-refractivity contribution in [3.8, 4) is 0 Å². The van der Waals surface area contributed by atoms with Crippen molar-refractivity contribution in [3.05, 3.63) is 83.7 Å². The number of aromatic nitrogens is 3. The summed E-state index contributed by atoms with van der Waals surface area (Å²) in [5.41, 5.74) is 2.53. The Morgan fingerprint density at radius 2 is 1.84 bits per heavy atom. The molecule has 0 bridgehead atoms. The minimum Gasteiger partial charge on any atom is -0.451 e. The first-order chi connectivity index (χ1) is 15.0. The van der Waals surface area contributed by atoms with E-state index in [0.29, 0.717) is 12.8 Å². The zero-order valence-corrected chi connectivity index (χ0v) is 17.8. The van der Waals surface area contributed by atoms with E-state index in [1.807, 2.05) is 67.6 Å². The first-order valence-corrected chi connectivity index (χ1v) is 11.1. The Morgan fingerprint density at radius 3 is 2.39 bits per heavy atom. The Hall–Kier alpha value is -3.13. The maximum atomic E-state index is 13.6. The lowest BCUT2D eigenvalue weighted by Crippen LogP contribution is -2.58. The van der Waals surface area contributed by atoms with Crippen LogP contribution in [0.1, 0.15) is 36.3 Å². The highest BCUT2D eigenvalue weighted by Crippen LogP contribution is 2.52. The Kier molecular flexibility index (Phi) is 5.02. The fraction of sp³-hybridized carbons (Fsp3) is 0.304. The van der Waals surface area contributed by atoms with Crippen LogP contribution in [0.3, 0.4) is 0 Å². The van der Waals surface area contributed by atoms with Crippen LogP contribution in [-0.4, -0.2) is 48.3 Å². The molecule has 1 aromatic heterocycles. The second-order valence-electron chi connectivity index (χ2n) is 8.07. The van der Waals surface area contributed by atoms with Gasteiger partial charge in [0.15, 0.2) is 6.10 Å². The van der Waals surface area contributed by atoms with Crippen LogP contribution in [0, 0.1) is 0 Å². The summed E-state index contributed by atoms with van der Waals surface area (Å²) in [4.78, 5) is 27.7. The molecule has 0 aliphatic carbocycles. The number of fused-ring (bicyclic) bond motifs is 1. The van der Waals surface area contributed by atoms with Crippen LogP contribution in [0.2, 0.25) is 0 Å². The van der Waals surface area contributed by atoms with E-state index < -0.39 is 22.9 Å². The molecule has 5 rings (SSSR count). The monoisotopic (exact) mass is 434 g/mol. The van der Waals surface area contributed by atoms with Crippen molar-refractivity contribution in [1.82, 2.24) is 20.3 Å². The maximum Gasteiger partial charge on any atom is 0.331 e. The summed E-state index contributed by atoms with van der Waals surface area (Å²) in [6.07, 6.45) is 2.06. The van der Waals surface area contributed by atoms with E-state index in [4.69, 9.17) is 4.74 Å². The van der Waals surface area contributed by atoms with E-state index in [1.165, 1.54) is 0 Å². The van der Waals surface area contributed by atoms with Gasteiger partial charge >= 0.3 is 5.97 Å². The summed E-state index contributed by atoms with van der Waals surface area (Å²) >= 11 is 1.64. The van der Waals surface area contributed by atoms with E-state index in [9.17, 15) is 9.59 Å². The molecule has 0 saturated carbocycles. The van der Waals surface area contributed by atoms with Crippen LogP contribution >= 0.6 is 11.8 Å². The molecular weight excluding hydrogens is 412 g/mol. The van der Waals surface area contributed by atoms with Gasteiger partial charge < -0.3 is 9.64 Å². The molecule has 0 radical (unpaired) electrons. The summed E-state index contributed by atoms with van der Waals surface area (Å²) in [6.45, 7) is 2.00. The third-order valence-electron chi connectivity index (χ3n) is 5.87. The molecule has 7 nitrogen and oxygen atoms in total. The molecule has 3 unspecified atom stereocenters. The molecule has 8 heteroatoms. The van der Waals surface area contributed by atoms with Gasteiger partial charge in [-0.1, -0.05) is 60.7 Å². The number of thioether (sulfide) groups is 1. The number of ether oxygens (including phenoxy) is 1. The first kappa shape index (κ1) is 19.8. The predicted octanol–water partition coefficient (Wildman–Crippen LogP) is 3.11. The quantitative estimate of drug-likeness (QED) is 0.474. The third kappa shape index (κ3) is 3.61. The Balaban J connectivity index is 1.46. The normalized spacial score (nSPS) is 24.7. The van der Waals surface area contributed by atoms with Gasteiger partial charge in [-0.2, -0.15) is 15.4 Å². The number of esters is 1. The molecule has 3 aromatic rings.